The minimum atomic E-state index is 0. The van der Waals surface area contributed by atoms with E-state index < -0.39 is 0 Å². The molecule has 0 saturated heterocycles. The summed E-state index contributed by atoms with van der Waals surface area (Å²) in [5.74, 6) is 0. The maximum atomic E-state index is 8.57. The van der Waals surface area contributed by atoms with E-state index >= 15 is 0 Å². The van der Waals surface area contributed by atoms with Crippen molar-refractivity contribution < 1.29 is 0 Å². The molecule has 0 bridgehead atoms. The molecule has 0 aliphatic carbocycles. The van der Waals surface area contributed by atoms with Crippen LogP contribution in [0.1, 0.15) is 5.56 Å². The Morgan fingerprint density at radius 2 is 2.08 bits per heavy atom. The molecule has 0 fully saturated rings. The standard InChI is InChI=1S/C9H6N2.ClH/c10-6-7-1-2-8-3-4-11-9(8)5-7;/h1-5,11H;1H. The van der Waals surface area contributed by atoms with Crippen LogP contribution in [0.15, 0.2) is 30.5 Å². The van der Waals surface area contributed by atoms with Crippen LogP contribution < -0.4 is 0 Å². The third kappa shape index (κ3) is 1.27. The summed E-state index contributed by atoms with van der Waals surface area (Å²) < 4.78 is 0. The first-order chi connectivity index (χ1) is 5.40. The maximum Gasteiger partial charge on any atom is 0.0992 e. The van der Waals surface area contributed by atoms with Gasteiger partial charge in [0.15, 0.2) is 0 Å². The number of fused-ring (bicyclic) bond motifs is 1. The third-order valence-electron chi connectivity index (χ3n) is 1.68. The lowest BCUT2D eigenvalue weighted by molar-refractivity contribution is 1.46. The van der Waals surface area contributed by atoms with Crippen LogP contribution in [0, 0.1) is 11.3 Å². The van der Waals surface area contributed by atoms with Crippen LogP contribution in [0.2, 0.25) is 0 Å². The second kappa shape index (κ2) is 3.29. The van der Waals surface area contributed by atoms with Gasteiger partial charge in [0, 0.05) is 11.7 Å². The van der Waals surface area contributed by atoms with Crippen molar-refractivity contribution in [1.29, 1.82) is 5.26 Å². The highest BCUT2D eigenvalue weighted by molar-refractivity contribution is 5.85. The van der Waals surface area contributed by atoms with Gasteiger partial charge in [-0.15, -0.1) is 12.4 Å². The molecule has 0 unspecified atom stereocenters. The Morgan fingerprint density at radius 3 is 2.83 bits per heavy atom. The van der Waals surface area contributed by atoms with Crippen LogP contribution in [0.25, 0.3) is 10.9 Å². The summed E-state index contributed by atoms with van der Waals surface area (Å²) in [5, 5.41) is 9.71. The first kappa shape index (κ1) is 8.63. The van der Waals surface area contributed by atoms with Crippen molar-refractivity contribution in [2.24, 2.45) is 0 Å². The van der Waals surface area contributed by atoms with E-state index in [0.717, 1.165) is 10.9 Å². The number of aromatic nitrogens is 1. The van der Waals surface area contributed by atoms with Gasteiger partial charge in [-0.1, -0.05) is 6.07 Å². The van der Waals surface area contributed by atoms with Gasteiger partial charge in [-0.2, -0.15) is 5.26 Å². The molecule has 0 radical (unpaired) electrons. The number of rotatable bonds is 0. The Bertz CT molecular complexity index is 425. The lowest BCUT2D eigenvalue weighted by Gasteiger charge is -1.88. The van der Waals surface area contributed by atoms with Crippen LogP contribution in [-0.4, -0.2) is 4.98 Å². The average Bonchev–Trinajstić information content (AvgIpc) is 2.50. The van der Waals surface area contributed by atoms with Gasteiger partial charge < -0.3 is 4.98 Å². The molecule has 1 heterocycles. The number of benzene rings is 1. The zero-order chi connectivity index (χ0) is 7.68. The van der Waals surface area contributed by atoms with Crippen molar-refractivity contribution in [2.45, 2.75) is 0 Å². The van der Waals surface area contributed by atoms with Crippen LogP contribution >= 0.6 is 12.4 Å². The second-order valence-electron chi connectivity index (χ2n) is 2.39. The highest BCUT2D eigenvalue weighted by atomic mass is 35.5. The summed E-state index contributed by atoms with van der Waals surface area (Å²) in [5.41, 5.74) is 1.71. The number of hydrogen-bond acceptors (Lipinski definition) is 1. The first-order valence-electron chi connectivity index (χ1n) is 3.37. The molecular weight excluding hydrogens is 172 g/mol. The van der Waals surface area contributed by atoms with Crippen molar-refractivity contribution in [3.8, 4) is 6.07 Å². The Hall–Kier alpha value is -1.46. The van der Waals surface area contributed by atoms with Crippen molar-refractivity contribution >= 4 is 23.3 Å². The lowest BCUT2D eigenvalue weighted by Crippen LogP contribution is -1.72. The summed E-state index contributed by atoms with van der Waals surface area (Å²) in [7, 11) is 0. The Morgan fingerprint density at radius 1 is 1.25 bits per heavy atom. The smallest absolute Gasteiger partial charge is 0.0992 e. The lowest BCUT2D eigenvalue weighted by atomic mass is 10.2. The molecule has 0 aliphatic heterocycles. The van der Waals surface area contributed by atoms with Crippen molar-refractivity contribution in [3.05, 3.63) is 36.0 Å². The number of nitriles is 1. The number of aromatic amines is 1. The Balaban J connectivity index is 0.000000720. The van der Waals surface area contributed by atoms with Crippen molar-refractivity contribution in [1.82, 2.24) is 4.98 Å². The fourth-order valence-electron chi connectivity index (χ4n) is 1.12. The van der Waals surface area contributed by atoms with Crippen molar-refractivity contribution in [2.75, 3.05) is 0 Å². The van der Waals surface area contributed by atoms with E-state index in [9.17, 15) is 0 Å². The van der Waals surface area contributed by atoms with Gasteiger partial charge in [-0.3, -0.25) is 0 Å². The largest absolute Gasteiger partial charge is 0.361 e. The first-order valence-corrected chi connectivity index (χ1v) is 3.37. The average molecular weight is 179 g/mol. The van der Waals surface area contributed by atoms with Gasteiger partial charge in [0.1, 0.15) is 0 Å². The number of halogens is 1. The fraction of sp³-hybridized carbons (Fsp3) is 0. The van der Waals surface area contributed by atoms with Crippen LogP contribution in [0.3, 0.4) is 0 Å². The summed E-state index contributed by atoms with van der Waals surface area (Å²) in [6, 6.07) is 9.66. The zero-order valence-electron chi connectivity index (χ0n) is 6.24. The molecule has 2 rings (SSSR count). The molecule has 1 N–H and O–H groups in total. The van der Waals surface area contributed by atoms with E-state index in [4.69, 9.17) is 5.26 Å². The topological polar surface area (TPSA) is 39.6 Å². The predicted octanol–water partition coefficient (Wildman–Crippen LogP) is 2.46. The normalized spacial score (nSPS) is 8.92. The van der Waals surface area contributed by atoms with Gasteiger partial charge in [0.2, 0.25) is 0 Å². The third-order valence-corrected chi connectivity index (χ3v) is 1.68. The summed E-state index contributed by atoms with van der Waals surface area (Å²) in [6.07, 6.45) is 1.87. The molecule has 0 aliphatic rings. The van der Waals surface area contributed by atoms with E-state index in [1.807, 2.05) is 30.5 Å². The van der Waals surface area contributed by atoms with Crippen LogP contribution in [0.4, 0.5) is 0 Å². The summed E-state index contributed by atoms with van der Waals surface area (Å²) >= 11 is 0. The number of nitrogens with one attached hydrogen (secondary N) is 1. The van der Waals surface area contributed by atoms with E-state index in [1.165, 1.54) is 0 Å². The second-order valence-corrected chi connectivity index (χ2v) is 2.39. The van der Waals surface area contributed by atoms with Crippen LogP contribution in [0.5, 0.6) is 0 Å². The maximum absolute atomic E-state index is 8.57. The fourth-order valence-corrected chi connectivity index (χ4v) is 1.12. The highest BCUT2D eigenvalue weighted by Crippen LogP contribution is 2.12. The molecule has 60 valence electrons. The quantitative estimate of drug-likeness (QED) is 0.662. The molecular formula is C9H7ClN2. The highest BCUT2D eigenvalue weighted by Gasteiger charge is 1.94. The Kier molecular flexibility index (Phi) is 2.37. The molecule has 0 saturated carbocycles. The number of nitrogens with zero attached hydrogens (tertiary/aromatic N) is 1. The molecule has 0 amide bonds. The number of H-pyrrole nitrogens is 1. The van der Waals surface area contributed by atoms with E-state index in [1.54, 1.807) is 0 Å². The van der Waals surface area contributed by atoms with Gasteiger partial charge in [0.05, 0.1) is 11.6 Å². The van der Waals surface area contributed by atoms with E-state index in [2.05, 4.69) is 11.1 Å². The SMILES string of the molecule is Cl.N#Cc1ccc2cc[nH]c2c1. The molecule has 12 heavy (non-hydrogen) atoms. The zero-order valence-corrected chi connectivity index (χ0v) is 7.06. The van der Waals surface area contributed by atoms with Crippen LogP contribution in [-0.2, 0) is 0 Å². The Labute approximate surface area is 76.2 Å². The molecule has 0 atom stereocenters. The monoisotopic (exact) mass is 178 g/mol. The molecule has 1 aromatic carbocycles. The minimum Gasteiger partial charge on any atom is -0.361 e. The van der Waals surface area contributed by atoms with Crippen molar-refractivity contribution in [3.63, 3.8) is 0 Å². The molecule has 2 nitrogen and oxygen atoms in total. The van der Waals surface area contributed by atoms with Gasteiger partial charge in [0.25, 0.3) is 0 Å². The summed E-state index contributed by atoms with van der Waals surface area (Å²) in [4.78, 5) is 3.04. The predicted molar refractivity (Wildman–Crippen MR) is 50.3 cm³/mol. The molecule has 1 aromatic heterocycles. The molecule has 3 heteroatoms. The van der Waals surface area contributed by atoms with Gasteiger partial charge >= 0.3 is 0 Å². The van der Waals surface area contributed by atoms with E-state index in [-0.39, 0.29) is 12.4 Å². The van der Waals surface area contributed by atoms with Gasteiger partial charge in [-0.25, -0.2) is 0 Å². The minimum absolute atomic E-state index is 0. The molecule has 0 spiro atoms. The number of hydrogen-bond donors (Lipinski definition) is 1. The molecule has 2 aromatic rings. The van der Waals surface area contributed by atoms with Gasteiger partial charge in [-0.05, 0) is 23.6 Å². The summed E-state index contributed by atoms with van der Waals surface area (Å²) in [6.45, 7) is 0. The van der Waals surface area contributed by atoms with E-state index in [0.29, 0.717) is 5.56 Å².